The van der Waals surface area contributed by atoms with E-state index in [1.807, 2.05) is 0 Å². The summed E-state index contributed by atoms with van der Waals surface area (Å²) in [6.07, 6.45) is 1.25. The third-order valence-electron chi connectivity index (χ3n) is 5.89. The molecular weight excluding hydrogens is 652 g/mol. The Balaban J connectivity index is 1.77. The number of halogens is 2. The first-order valence-corrected chi connectivity index (χ1v) is 13.2. The molecule has 0 atom stereocenters. The highest BCUT2D eigenvalue weighted by Crippen LogP contribution is 2.40. The van der Waals surface area contributed by atoms with E-state index in [1.165, 1.54) is 39.5 Å². The SMILES string of the molecule is COc1cc(C(=O)Oc2c(Br)cc(Br)cc2/C=C2/C(=O)NC(=O)N(c3ccccc3C)C2=O)cc(OC)c1OC. The summed E-state index contributed by atoms with van der Waals surface area (Å²) in [5, 5.41) is 2.20. The minimum Gasteiger partial charge on any atom is -0.493 e. The van der Waals surface area contributed by atoms with Crippen LogP contribution in [0.15, 0.2) is 63.0 Å². The van der Waals surface area contributed by atoms with Gasteiger partial charge >= 0.3 is 12.0 Å². The van der Waals surface area contributed by atoms with Crippen molar-refractivity contribution in [3.05, 3.63) is 79.7 Å². The Labute approximate surface area is 246 Å². The number of hydrogen-bond acceptors (Lipinski definition) is 8. The van der Waals surface area contributed by atoms with Gasteiger partial charge in [-0.15, -0.1) is 0 Å². The van der Waals surface area contributed by atoms with Gasteiger partial charge in [0.15, 0.2) is 17.2 Å². The van der Waals surface area contributed by atoms with Crippen LogP contribution in [0.5, 0.6) is 23.0 Å². The fraction of sp³-hybridized carbons (Fsp3) is 0.143. The lowest BCUT2D eigenvalue weighted by Gasteiger charge is -2.27. The Morgan fingerprint density at radius 3 is 2.15 bits per heavy atom. The molecule has 0 bridgehead atoms. The summed E-state index contributed by atoms with van der Waals surface area (Å²) >= 11 is 6.76. The van der Waals surface area contributed by atoms with E-state index in [2.05, 4.69) is 37.2 Å². The summed E-state index contributed by atoms with van der Waals surface area (Å²) in [6, 6.07) is 12.0. The molecule has 1 saturated heterocycles. The van der Waals surface area contributed by atoms with Gasteiger partial charge in [-0.1, -0.05) is 34.1 Å². The number of carbonyl (C=O) groups excluding carboxylic acids is 4. The molecule has 3 aromatic rings. The second kappa shape index (κ2) is 11.9. The molecule has 12 heteroatoms. The zero-order valence-electron chi connectivity index (χ0n) is 21.7. The number of ether oxygens (including phenoxy) is 4. The zero-order valence-corrected chi connectivity index (χ0v) is 24.8. The van der Waals surface area contributed by atoms with Gasteiger partial charge in [0.05, 0.1) is 37.1 Å². The summed E-state index contributed by atoms with van der Waals surface area (Å²) in [7, 11) is 4.27. The first kappa shape index (κ1) is 28.8. The number of urea groups is 1. The quantitative estimate of drug-likeness (QED) is 0.153. The minimum absolute atomic E-state index is 0.0226. The Morgan fingerprint density at radius 1 is 0.900 bits per heavy atom. The molecule has 206 valence electrons. The van der Waals surface area contributed by atoms with E-state index >= 15 is 0 Å². The smallest absolute Gasteiger partial charge is 0.343 e. The van der Waals surface area contributed by atoms with E-state index < -0.39 is 23.8 Å². The Hall–Kier alpha value is -4.16. The van der Waals surface area contributed by atoms with Crippen molar-refractivity contribution >= 4 is 67.4 Å². The van der Waals surface area contributed by atoms with Crippen LogP contribution < -0.4 is 29.2 Å². The van der Waals surface area contributed by atoms with Crippen molar-refractivity contribution in [1.82, 2.24) is 5.32 Å². The van der Waals surface area contributed by atoms with Crippen molar-refractivity contribution in [1.29, 1.82) is 0 Å². The van der Waals surface area contributed by atoms with Crippen LogP contribution >= 0.6 is 31.9 Å². The fourth-order valence-corrected chi connectivity index (χ4v) is 5.33. The number of anilines is 1. The molecule has 0 radical (unpaired) electrons. The summed E-state index contributed by atoms with van der Waals surface area (Å²) in [4.78, 5) is 53.0. The first-order valence-electron chi connectivity index (χ1n) is 11.6. The van der Waals surface area contributed by atoms with Crippen molar-refractivity contribution < 1.29 is 38.1 Å². The maximum atomic E-state index is 13.4. The predicted molar refractivity (Wildman–Crippen MR) is 153 cm³/mol. The summed E-state index contributed by atoms with van der Waals surface area (Å²) in [6.45, 7) is 1.74. The number of rotatable bonds is 7. The fourth-order valence-electron chi connectivity index (χ4n) is 3.99. The number of para-hydroxylation sites is 1. The number of esters is 1. The van der Waals surface area contributed by atoms with Crippen LogP contribution in [0.2, 0.25) is 0 Å². The lowest BCUT2D eigenvalue weighted by molar-refractivity contribution is -0.122. The molecular formula is C28H22Br2N2O8. The first-order chi connectivity index (χ1) is 19.1. The zero-order chi connectivity index (χ0) is 29.1. The van der Waals surface area contributed by atoms with Gasteiger partial charge in [0, 0.05) is 10.0 Å². The van der Waals surface area contributed by atoms with Crippen molar-refractivity contribution in [2.75, 3.05) is 26.2 Å². The number of aryl methyl sites for hydroxylation is 1. The maximum absolute atomic E-state index is 13.4. The van der Waals surface area contributed by atoms with Gasteiger partial charge < -0.3 is 18.9 Å². The van der Waals surface area contributed by atoms with Crippen LogP contribution in [0.3, 0.4) is 0 Å². The van der Waals surface area contributed by atoms with Gasteiger partial charge in [-0.25, -0.2) is 14.5 Å². The average Bonchev–Trinajstić information content (AvgIpc) is 2.92. The highest BCUT2D eigenvalue weighted by atomic mass is 79.9. The monoisotopic (exact) mass is 672 g/mol. The van der Waals surface area contributed by atoms with Gasteiger partial charge in [-0.2, -0.15) is 0 Å². The van der Waals surface area contributed by atoms with E-state index in [1.54, 1.807) is 43.3 Å². The van der Waals surface area contributed by atoms with E-state index in [-0.39, 0.29) is 33.9 Å². The number of hydrogen-bond donors (Lipinski definition) is 1. The number of nitrogens with one attached hydrogen (secondary N) is 1. The number of amides is 4. The number of methoxy groups -OCH3 is 3. The van der Waals surface area contributed by atoms with Crippen LogP contribution in [0.1, 0.15) is 21.5 Å². The molecule has 1 N–H and O–H groups in total. The van der Waals surface area contributed by atoms with E-state index in [9.17, 15) is 19.2 Å². The van der Waals surface area contributed by atoms with Gasteiger partial charge in [0.1, 0.15) is 5.57 Å². The number of carbonyl (C=O) groups is 4. The highest BCUT2D eigenvalue weighted by molar-refractivity contribution is 9.11. The summed E-state index contributed by atoms with van der Waals surface area (Å²) < 4.78 is 22.6. The van der Waals surface area contributed by atoms with Crippen LogP contribution in [-0.4, -0.2) is 45.1 Å². The molecule has 4 rings (SSSR count). The Bertz CT molecular complexity index is 1560. The normalized spacial score (nSPS) is 14.2. The van der Waals surface area contributed by atoms with Crippen LogP contribution in [0.4, 0.5) is 10.5 Å². The van der Waals surface area contributed by atoms with Crippen molar-refractivity contribution in [2.24, 2.45) is 0 Å². The molecule has 0 aliphatic carbocycles. The number of nitrogens with zero attached hydrogens (tertiary/aromatic N) is 1. The molecule has 1 aliphatic heterocycles. The third-order valence-corrected chi connectivity index (χ3v) is 6.94. The summed E-state index contributed by atoms with van der Waals surface area (Å²) in [5.41, 5.74) is 0.945. The Kier molecular flexibility index (Phi) is 8.60. The molecule has 1 fully saturated rings. The molecule has 40 heavy (non-hydrogen) atoms. The van der Waals surface area contributed by atoms with Crippen LogP contribution in [0, 0.1) is 6.92 Å². The lowest BCUT2D eigenvalue weighted by atomic mass is 10.0. The molecule has 3 aromatic carbocycles. The second-order valence-electron chi connectivity index (χ2n) is 8.35. The van der Waals surface area contributed by atoms with Gasteiger partial charge in [-0.3, -0.25) is 14.9 Å². The van der Waals surface area contributed by atoms with Gasteiger partial charge in [0.25, 0.3) is 11.8 Å². The number of benzene rings is 3. The molecule has 0 spiro atoms. The second-order valence-corrected chi connectivity index (χ2v) is 10.1. The topological polar surface area (TPSA) is 120 Å². The molecule has 4 amide bonds. The van der Waals surface area contributed by atoms with Crippen molar-refractivity contribution in [3.63, 3.8) is 0 Å². The van der Waals surface area contributed by atoms with Crippen LogP contribution in [-0.2, 0) is 9.59 Å². The van der Waals surface area contributed by atoms with Crippen LogP contribution in [0.25, 0.3) is 6.08 Å². The minimum atomic E-state index is -0.891. The van der Waals surface area contributed by atoms with Crippen molar-refractivity contribution in [2.45, 2.75) is 6.92 Å². The van der Waals surface area contributed by atoms with E-state index in [0.29, 0.717) is 25.9 Å². The number of barbiturate groups is 1. The van der Waals surface area contributed by atoms with E-state index in [0.717, 1.165) is 4.90 Å². The molecule has 0 unspecified atom stereocenters. The third kappa shape index (κ3) is 5.58. The molecule has 10 nitrogen and oxygen atoms in total. The highest BCUT2D eigenvalue weighted by Gasteiger charge is 2.37. The Morgan fingerprint density at radius 2 is 1.55 bits per heavy atom. The largest absolute Gasteiger partial charge is 0.493 e. The molecule has 0 saturated carbocycles. The number of imide groups is 2. The molecule has 1 heterocycles. The van der Waals surface area contributed by atoms with E-state index in [4.69, 9.17) is 18.9 Å². The standard InChI is InChI=1S/C28H22Br2N2O8/c1-14-7-5-6-8-20(14)32-26(34)18(25(33)31-28(32)36)10-15-9-17(29)13-19(30)23(15)40-27(35)16-11-21(37-2)24(39-4)22(12-16)38-3/h5-13H,1-4H3,(H,31,33,36)/b18-10-. The van der Waals surface area contributed by atoms with Gasteiger partial charge in [0.2, 0.25) is 5.75 Å². The average molecular weight is 674 g/mol. The predicted octanol–water partition coefficient (Wildman–Crippen LogP) is 5.43. The molecule has 0 aromatic heterocycles. The summed E-state index contributed by atoms with van der Waals surface area (Å²) in [5.74, 6) is -1.69. The van der Waals surface area contributed by atoms with Crippen molar-refractivity contribution in [3.8, 4) is 23.0 Å². The van der Waals surface area contributed by atoms with Gasteiger partial charge in [-0.05, 0) is 64.8 Å². The molecule has 1 aliphatic rings. The lowest BCUT2D eigenvalue weighted by Crippen LogP contribution is -2.54. The maximum Gasteiger partial charge on any atom is 0.343 e.